The maximum absolute atomic E-state index is 13.5. The Hall–Kier alpha value is -2.78. The van der Waals surface area contributed by atoms with Crippen LogP contribution in [-0.4, -0.2) is 49.2 Å². The SMILES string of the molecule is C[C@]1(C(=O)NC2CCCC2)CN(S(=O)(=O)c2ccccc2)CC(=O)N1c1ccc(F)cc1. The van der Waals surface area contributed by atoms with Gasteiger partial charge < -0.3 is 5.32 Å². The van der Waals surface area contributed by atoms with Crippen LogP contribution < -0.4 is 10.2 Å². The molecule has 2 aromatic carbocycles. The van der Waals surface area contributed by atoms with E-state index in [0.29, 0.717) is 5.69 Å². The quantitative estimate of drug-likeness (QED) is 0.745. The monoisotopic (exact) mass is 459 g/mol. The van der Waals surface area contributed by atoms with Crippen molar-refractivity contribution in [3.05, 3.63) is 60.4 Å². The molecule has 1 N–H and O–H groups in total. The van der Waals surface area contributed by atoms with E-state index >= 15 is 0 Å². The molecule has 1 atom stereocenters. The lowest BCUT2D eigenvalue weighted by molar-refractivity contribution is -0.133. The fraction of sp³-hybridized carbons (Fsp3) is 0.391. The highest BCUT2D eigenvalue weighted by molar-refractivity contribution is 7.89. The lowest BCUT2D eigenvalue weighted by Gasteiger charge is -2.47. The van der Waals surface area contributed by atoms with Crippen molar-refractivity contribution in [3.8, 4) is 0 Å². The van der Waals surface area contributed by atoms with E-state index in [1.165, 1.54) is 41.3 Å². The van der Waals surface area contributed by atoms with Crippen LogP contribution in [0.15, 0.2) is 59.5 Å². The van der Waals surface area contributed by atoms with Gasteiger partial charge in [0.1, 0.15) is 11.4 Å². The predicted octanol–water partition coefficient (Wildman–Crippen LogP) is 2.68. The van der Waals surface area contributed by atoms with E-state index in [4.69, 9.17) is 0 Å². The Morgan fingerprint density at radius 1 is 1.06 bits per heavy atom. The third kappa shape index (κ3) is 4.14. The van der Waals surface area contributed by atoms with E-state index in [1.54, 1.807) is 25.1 Å². The van der Waals surface area contributed by atoms with Gasteiger partial charge in [0, 0.05) is 18.3 Å². The normalized spacial score (nSPS) is 22.8. The molecule has 7 nitrogen and oxygen atoms in total. The summed E-state index contributed by atoms with van der Waals surface area (Å²) in [5, 5.41) is 3.00. The maximum Gasteiger partial charge on any atom is 0.247 e. The Labute approximate surface area is 187 Å². The number of nitrogens with zero attached hydrogens (tertiary/aromatic N) is 2. The third-order valence-corrected chi connectivity index (χ3v) is 7.99. The van der Waals surface area contributed by atoms with Crippen LogP contribution in [0, 0.1) is 5.82 Å². The van der Waals surface area contributed by atoms with Crippen LogP contribution in [0.2, 0.25) is 0 Å². The van der Waals surface area contributed by atoms with E-state index in [1.807, 2.05) is 0 Å². The molecule has 0 aromatic heterocycles. The minimum absolute atomic E-state index is 0.00870. The second-order valence-corrected chi connectivity index (χ2v) is 10.5. The molecule has 0 bridgehead atoms. The van der Waals surface area contributed by atoms with E-state index in [2.05, 4.69) is 5.32 Å². The van der Waals surface area contributed by atoms with Crippen LogP contribution in [0.5, 0.6) is 0 Å². The summed E-state index contributed by atoms with van der Waals surface area (Å²) in [6.07, 6.45) is 3.71. The van der Waals surface area contributed by atoms with E-state index < -0.39 is 39.7 Å². The highest BCUT2D eigenvalue weighted by Gasteiger charge is 2.51. The number of rotatable bonds is 5. The second kappa shape index (κ2) is 8.63. The van der Waals surface area contributed by atoms with Gasteiger partial charge in [-0.25, -0.2) is 12.8 Å². The lowest BCUT2D eigenvalue weighted by Crippen LogP contribution is -2.70. The second-order valence-electron chi connectivity index (χ2n) is 8.52. The van der Waals surface area contributed by atoms with Gasteiger partial charge in [-0.3, -0.25) is 14.5 Å². The van der Waals surface area contributed by atoms with Crippen LogP contribution in [0.25, 0.3) is 0 Å². The number of nitrogens with one attached hydrogen (secondary N) is 1. The highest BCUT2D eigenvalue weighted by atomic mass is 32.2. The first kappa shape index (κ1) is 22.4. The molecule has 1 saturated carbocycles. The van der Waals surface area contributed by atoms with E-state index in [0.717, 1.165) is 30.0 Å². The topological polar surface area (TPSA) is 86.8 Å². The molecule has 2 amide bonds. The van der Waals surface area contributed by atoms with Crippen LogP contribution in [-0.2, 0) is 19.6 Å². The summed E-state index contributed by atoms with van der Waals surface area (Å²) in [7, 11) is -3.99. The number of hydrogen-bond donors (Lipinski definition) is 1. The average molecular weight is 460 g/mol. The first-order valence-corrected chi connectivity index (χ1v) is 12.1. The molecule has 170 valence electrons. The Kier molecular flexibility index (Phi) is 6.05. The zero-order valence-corrected chi connectivity index (χ0v) is 18.6. The zero-order valence-electron chi connectivity index (χ0n) is 17.8. The number of piperazine rings is 1. The summed E-state index contributed by atoms with van der Waals surface area (Å²) < 4.78 is 41.1. The Balaban J connectivity index is 1.72. The fourth-order valence-corrected chi connectivity index (χ4v) is 5.98. The summed E-state index contributed by atoms with van der Waals surface area (Å²) in [6, 6.07) is 13.1. The van der Waals surface area contributed by atoms with Gasteiger partial charge in [-0.15, -0.1) is 0 Å². The van der Waals surface area contributed by atoms with Gasteiger partial charge in [0.05, 0.1) is 11.4 Å². The summed E-state index contributed by atoms with van der Waals surface area (Å²) in [5.74, 6) is -1.44. The van der Waals surface area contributed by atoms with Gasteiger partial charge in [0.2, 0.25) is 21.8 Å². The third-order valence-electron chi connectivity index (χ3n) is 6.18. The van der Waals surface area contributed by atoms with Crippen LogP contribution in [0.3, 0.4) is 0 Å². The molecule has 1 aliphatic carbocycles. The van der Waals surface area contributed by atoms with Crippen LogP contribution in [0.4, 0.5) is 10.1 Å². The molecule has 2 fully saturated rings. The zero-order chi connectivity index (χ0) is 22.9. The fourth-order valence-electron chi connectivity index (χ4n) is 4.48. The first-order chi connectivity index (χ1) is 15.2. The molecule has 1 heterocycles. The number of hydrogen-bond acceptors (Lipinski definition) is 4. The molecule has 32 heavy (non-hydrogen) atoms. The van der Waals surface area contributed by atoms with Crippen molar-refractivity contribution in [2.75, 3.05) is 18.0 Å². The number of amides is 2. The van der Waals surface area contributed by atoms with Gasteiger partial charge >= 0.3 is 0 Å². The largest absolute Gasteiger partial charge is 0.351 e. The molecule has 4 rings (SSSR count). The Bertz CT molecular complexity index is 1100. The maximum atomic E-state index is 13.5. The van der Waals surface area contributed by atoms with Crippen molar-refractivity contribution in [2.45, 2.75) is 49.1 Å². The van der Waals surface area contributed by atoms with Crippen LogP contribution in [0.1, 0.15) is 32.6 Å². The number of carbonyl (C=O) groups is 2. The Morgan fingerprint density at radius 2 is 1.69 bits per heavy atom. The molecule has 9 heteroatoms. The summed E-state index contributed by atoms with van der Waals surface area (Å²) in [4.78, 5) is 28.1. The molecule has 1 saturated heterocycles. The average Bonchev–Trinajstić information content (AvgIpc) is 3.28. The minimum atomic E-state index is -3.99. The first-order valence-electron chi connectivity index (χ1n) is 10.7. The van der Waals surface area contributed by atoms with Gasteiger partial charge in [-0.2, -0.15) is 4.31 Å². The standard InChI is InChI=1S/C23H26FN3O4S/c1-23(22(29)25-18-7-5-6-8-18)16-26(32(30,31)20-9-3-2-4-10-20)15-21(28)27(23)19-13-11-17(24)12-14-19/h2-4,9-14,18H,5-8,15-16H2,1H3,(H,25,29)/t23-/m1/s1. The van der Waals surface area contributed by atoms with Crippen molar-refractivity contribution in [2.24, 2.45) is 0 Å². The van der Waals surface area contributed by atoms with Crippen molar-refractivity contribution < 1.29 is 22.4 Å². The smallest absolute Gasteiger partial charge is 0.247 e. The number of sulfonamides is 1. The molecular weight excluding hydrogens is 433 g/mol. The summed E-state index contributed by atoms with van der Waals surface area (Å²) in [6.45, 7) is 0.929. The van der Waals surface area contributed by atoms with Crippen molar-refractivity contribution >= 4 is 27.5 Å². The predicted molar refractivity (Wildman–Crippen MR) is 118 cm³/mol. The molecule has 1 aliphatic heterocycles. The molecule has 2 aliphatic rings. The highest BCUT2D eigenvalue weighted by Crippen LogP contribution is 2.33. The van der Waals surface area contributed by atoms with E-state index in [-0.39, 0.29) is 17.5 Å². The summed E-state index contributed by atoms with van der Waals surface area (Å²) in [5.41, 5.74) is -1.16. The van der Waals surface area contributed by atoms with Gasteiger partial charge in [0.25, 0.3) is 0 Å². The molecule has 0 spiro atoms. The van der Waals surface area contributed by atoms with Crippen molar-refractivity contribution in [1.82, 2.24) is 9.62 Å². The summed E-state index contributed by atoms with van der Waals surface area (Å²) >= 11 is 0. The van der Waals surface area contributed by atoms with Crippen LogP contribution >= 0.6 is 0 Å². The minimum Gasteiger partial charge on any atom is -0.351 e. The lowest BCUT2D eigenvalue weighted by atomic mass is 9.94. The molecule has 0 radical (unpaired) electrons. The Morgan fingerprint density at radius 3 is 2.31 bits per heavy atom. The van der Waals surface area contributed by atoms with Gasteiger partial charge in [0.15, 0.2) is 0 Å². The molecular formula is C23H26FN3O4S. The number of benzene rings is 2. The van der Waals surface area contributed by atoms with Crippen molar-refractivity contribution in [1.29, 1.82) is 0 Å². The van der Waals surface area contributed by atoms with E-state index in [9.17, 15) is 22.4 Å². The molecule has 0 unspecified atom stereocenters. The molecule has 2 aromatic rings. The van der Waals surface area contributed by atoms with Gasteiger partial charge in [-0.1, -0.05) is 31.0 Å². The number of carbonyl (C=O) groups excluding carboxylic acids is 2. The number of anilines is 1. The van der Waals surface area contributed by atoms with Gasteiger partial charge in [-0.05, 0) is 56.2 Å². The van der Waals surface area contributed by atoms with Crippen molar-refractivity contribution in [3.63, 3.8) is 0 Å². The number of halogens is 1.